The highest BCUT2D eigenvalue weighted by molar-refractivity contribution is 9.09. The molecule has 0 spiro atoms. The van der Waals surface area contributed by atoms with Crippen LogP contribution >= 0.6 is 85.5 Å². The van der Waals surface area contributed by atoms with Crippen LogP contribution in [0, 0.1) is 0 Å². The minimum absolute atomic E-state index is 0.0317. The Morgan fingerprint density at radius 1 is 0.810 bits per heavy atom. The van der Waals surface area contributed by atoms with Crippen LogP contribution in [0.25, 0.3) is 0 Å². The van der Waals surface area contributed by atoms with Gasteiger partial charge in [-0.05, 0) is 11.1 Å². The largest absolute Gasteiger partial charge is 0.508 e. The summed E-state index contributed by atoms with van der Waals surface area (Å²) in [5.74, 6) is 0. The predicted octanol–water partition coefficient (Wildman–Crippen LogP) is 7.27. The smallest absolute Gasteiger partial charge is 0.445 e. The zero-order chi connectivity index (χ0) is 30.8. The number of carbonyl (C=O) groups excluding carboxylic acids is 2. The average Bonchev–Trinajstić information content (AvgIpc) is 2.93. The fourth-order valence-corrected chi connectivity index (χ4v) is 4.80. The number of alkyl halides is 7. The lowest BCUT2D eigenvalue weighted by molar-refractivity contribution is -0.202. The Kier molecular flexibility index (Phi) is 14.4. The highest BCUT2D eigenvalue weighted by Crippen LogP contribution is 2.32. The van der Waals surface area contributed by atoms with Crippen molar-refractivity contribution in [1.82, 2.24) is 5.32 Å². The Labute approximate surface area is 281 Å². The van der Waals surface area contributed by atoms with Gasteiger partial charge in [0.1, 0.15) is 36.5 Å². The molecule has 0 saturated carbocycles. The number of hydrogen-bond acceptors (Lipinski definition) is 8. The van der Waals surface area contributed by atoms with Gasteiger partial charge in [-0.3, -0.25) is 0 Å². The molecule has 232 valence electrons. The third-order valence-electron chi connectivity index (χ3n) is 5.55. The van der Waals surface area contributed by atoms with E-state index in [0.717, 1.165) is 11.1 Å². The van der Waals surface area contributed by atoms with Gasteiger partial charge < -0.3 is 33.7 Å². The van der Waals surface area contributed by atoms with Gasteiger partial charge in [0.15, 0.2) is 6.10 Å². The van der Waals surface area contributed by atoms with Crippen molar-refractivity contribution in [3.05, 3.63) is 71.8 Å². The van der Waals surface area contributed by atoms with Crippen LogP contribution in [0.5, 0.6) is 0 Å². The van der Waals surface area contributed by atoms with E-state index in [0.29, 0.717) is 0 Å². The Hall–Kier alpha value is -0.920. The van der Waals surface area contributed by atoms with E-state index < -0.39 is 62.4 Å². The molecule has 3 rings (SSSR count). The van der Waals surface area contributed by atoms with E-state index in [-0.39, 0.29) is 19.8 Å². The molecule has 1 fully saturated rings. The number of carbonyl (C=O) groups is 2. The van der Waals surface area contributed by atoms with Gasteiger partial charge in [0.2, 0.25) is 7.59 Å². The summed E-state index contributed by atoms with van der Waals surface area (Å²) in [6.45, 7) is -0.736. The molecule has 5 atom stereocenters. The van der Waals surface area contributed by atoms with Crippen molar-refractivity contribution in [2.45, 2.75) is 50.2 Å². The second-order valence-electron chi connectivity index (χ2n) is 8.89. The summed E-state index contributed by atoms with van der Waals surface area (Å²) in [4.78, 5) is 25.3. The molecule has 1 N–H and O–H groups in total. The molecule has 2 aromatic rings. The molecule has 1 unspecified atom stereocenters. The van der Waals surface area contributed by atoms with E-state index in [1.54, 1.807) is 0 Å². The SMILES string of the molecule is O=C(N[C@H]1C(Br)O[C@H](COCc2ccccc2)[C@@H](OCc2ccccc2)[C@@H]1OC(=O)OCC(Cl)(Cl)Cl)OCC(Cl)(Cl)Cl. The Balaban J connectivity index is 1.84. The summed E-state index contributed by atoms with van der Waals surface area (Å²) in [7, 11) is 0. The first-order chi connectivity index (χ1) is 19.8. The molecule has 1 heterocycles. The van der Waals surface area contributed by atoms with Crippen molar-refractivity contribution in [3.63, 3.8) is 0 Å². The number of halogens is 7. The molecule has 1 aliphatic heterocycles. The molecule has 0 bridgehead atoms. The van der Waals surface area contributed by atoms with E-state index >= 15 is 0 Å². The summed E-state index contributed by atoms with van der Waals surface area (Å²) in [6.07, 6.45) is -5.17. The maximum atomic E-state index is 12.7. The molecule has 42 heavy (non-hydrogen) atoms. The first-order valence-corrected chi connectivity index (χ1v) is 15.5. The van der Waals surface area contributed by atoms with Gasteiger partial charge in [0.05, 0.1) is 19.8 Å². The van der Waals surface area contributed by atoms with E-state index in [4.69, 9.17) is 98.0 Å². The van der Waals surface area contributed by atoms with Crippen LogP contribution < -0.4 is 5.32 Å². The van der Waals surface area contributed by atoms with Crippen molar-refractivity contribution in [1.29, 1.82) is 0 Å². The standard InChI is InChI=1S/C26H26BrCl6NO8/c27-22-19(34-23(35)39-14-25(28,29)30)21(42-24(36)40-15-26(31,32)33)20(38-12-17-9-5-2-6-10-17)18(41-22)13-37-11-16-7-3-1-4-8-16/h1-10,18-22H,11-15H2,(H,34,35)/t18-,19-,20-,21-,22?/m1/s1. The quantitative estimate of drug-likeness (QED) is 0.188. The summed E-state index contributed by atoms with van der Waals surface area (Å²) in [5.41, 5.74) is 1.76. The molecule has 2 aromatic carbocycles. The number of nitrogens with one attached hydrogen (secondary N) is 1. The second kappa shape index (κ2) is 17.0. The van der Waals surface area contributed by atoms with Gasteiger partial charge in [-0.15, -0.1) is 0 Å². The van der Waals surface area contributed by atoms with Crippen molar-refractivity contribution in [2.75, 3.05) is 19.8 Å². The van der Waals surface area contributed by atoms with Crippen LogP contribution in [0.2, 0.25) is 0 Å². The lowest BCUT2D eigenvalue weighted by Crippen LogP contribution is -2.64. The second-order valence-corrected chi connectivity index (χ2v) is 14.8. The summed E-state index contributed by atoms with van der Waals surface area (Å²) in [5, 5.41) is 1.63. The van der Waals surface area contributed by atoms with E-state index in [1.807, 2.05) is 60.7 Å². The van der Waals surface area contributed by atoms with Crippen LogP contribution in [0.3, 0.4) is 0 Å². The zero-order valence-electron chi connectivity index (χ0n) is 21.6. The minimum atomic E-state index is -1.89. The van der Waals surface area contributed by atoms with Crippen molar-refractivity contribution >= 4 is 97.8 Å². The fourth-order valence-electron chi connectivity index (χ4n) is 3.76. The maximum absolute atomic E-state index is 12.7. The van der Waals surface area contributed by atoms with Gasteiger partial charge in [-0.2, -0.15) is 0 Å². The van der Waals surface area contributed by atoms with Gasteiger partial charge in [0.25, 0.3) is 0 Å². The molecule has 9 nitrogen and oxygen atoms in total. The van der Waals surface area contributed by atoms with Crippen LogP contribution in [-0.4, -0.2) is 69.0 Å². The van der Waals surface area contributed by atoms with Gasteiger partial charge in [0, 0.05) is 0 Å². The molecule has 1 aliphatic rings. The molecule has 1 amide bonds. The number of alkyl carbamates (subject to hydrolysis) is 1. The lowest BCUT2D eigenvalue weighted by atomic mass is 9.97. The van der Waals surface area contributed by atoms with Crippen molar-refractivity contribution in [2.24, 2.45) is 0 Å². The molecular weight excluding hydrogens is 747 g/mol. The monoisotopic (exact) mass is 769 g/mol. The lowest BCUT2D eigenvalue weighted by Gasteiger charge is -2.44. The van der Waals surface area contributed by atoms with Crippen LogP contribution in [0.1, 0.15) is 11.1 Å². The first-order valence-electron chi connectivity index (χ1n) is 12.3. The predicted molar refractivity (Wildman–Crippen MR) is 164 cm³/mol. The number of amides is 1. The average molecular weight is 773 g/mol. The summed E-state index contributed by atoms with van der Waals surface area (Å²) >= 11 is 37.6. The molecule has 1 saturated heterocycles. The third-order valence-corrected chi connectivity index (χ3v) is 6.99. The van der Waals surface area contributed by atoms with E-state index in [1.165, 1.54) is 0 Å². The summed E-state index contributed by atoms with van der Waals surface area (Å²) in [6, 6.07) is 17.7. The fraction of sp³-hybridized carbons (Fsp3) is 0.462. The zero-order valence-corrected chi connectivity index (χ0v) is 27.7. The minimum Gasteiger partial charge on any atom is -0.445 e. The third kappa shape index (κ3) is 13.0. The van der Waals surface area contributed by atoms with E-state index in [2.05, 4.69) is 21.2 Å². The van der Waals surface area contributed by atoms with E-state index in [9.17, 15) is 9.59 Å². The highest BCUT2D eigenvalue weighted by atomic mass is 79.9. The molecular formula is C26H26BrCl6NO8. The highest BCUT2D eigenvalue weighted by Gasteiger charge is 2.49. The summed E-state index contributed by atoms with van der Waals surface area (Å²) < 4.78 is 30.2. The van der Waals surface area contributed by atoms with Crippen LogP contribution in [0.15, 0.2) is 60.7 Å². The van der Waals surface area contributed by atoms with Gasteiger partial charge in [-0.25, -0.2) is 9.59 Å². The number of hydrogen-bond donors (Lipinski definition) is 1. The van der Waals surface area contributed by atoms with Crippen molar-refractivity contribution in [3.8, 4) is 0 Å². The molecule has 0 aliphatic carbocycles. The number of benzene rings is 2. The van der Waals surface area contributed by atoms with Crippen LogP contribution in [-0.2, 0) is 41.6 Å². The normalized spacial score (nSPS) is 22.7. The Morgan fingerprint density at radius 2 is 1.36 bits per heavy atom. The number of rotatable bonds is 11. The molecule has 16 heteroatoms. The topological polar surface area (TPSA) is 102 Å². The molecule has 0 radical (unpaired) electrons. The maximum Gasteiger partial charge on any atom is 0.508 e. The van der Waals surface area contributed by atoms with Gasteiger partial charge in [-0.1, -0.05) is 146 Å². The number of ether oxygens (including phenoxy) is 6. The van der Waals surface area contributed by atoms with Crippen molar-refractivity contribution < 1.29 is 38.0 Å². The first kappa shape index (κ1) is 35.6. The Morgan fingerprint density at radius 3 is 1.93 bits per heavy atom. The molecule has 0 aromatic heterocycles. The van der Waals surface area contributed by atoms with Crippen LogP contribution in [0.4, 0.5) is 9.59 Å². The van der Waals surface area contributed by atoms with Gasteiger partial charge >= 0.3 is 12.2 Å². The Bertz CT molecular complexity index is 1130.